The number of carbonyl (C=O) groups excluding carboxylic acids is 2. The number of Topliss-reactive ketones (excluding diaryl/α,β-unsaturated/α-hetero) is 1. The normalized spacial score (nSPS) is 17.2. The van der Waals surface area contributed by atoms with Gasteiger partial charge in [-0.2, -0.15) is 0 Å². The first-order chi connectivity index (χ1) is 17.0. The van der Waals surface area contributed by atoms with E-state index in [1.165, 1.54) is 29.2 Å². The molecule has 1 atom stereocenters. The number of ether oxygens (including phenoxy) is 1. The third-order valence-corrected chi connectivity index (χ3v) is 6.98. The average Bonchev–Trinajstić information content (AvgIpc) is 3.10. The van der Waals surface area contributed by atoms with Gasteiger partial charge in [0, 0.05) is 11.3 Å². The van der Waals surface area contributed by atoms with Gasteiger partial charge in [0.15, 0.2) is 0 Å². The molecule has 3 aromatic rings. The van der Waals surface area contributed by atoms with Crippen molar-refractivity contribution in [3.63, 3.8) is 0 Å². The van der Waals surface area contributed by atoms with Crippen molar-refractivity contribution < 1.29 is 23.8 Å². The maximum atomic E-state index is 14.1. The summed E-state index contributed by atoms with van der Waals surface area (Å²) < 4.78 is 19.6. The summed E-state index contributed by atoms with van der Waals surface area (Å²) in [5.74, 6) is -1.99. The fraction of sp³-hybridized carbons (Fsp3) is 0.214. The quantitative estimate of drug-likeness (QED) is 0.216. The number of hydrogen-bond acceptors (Lipinski definition) is 4. The lowest BCUT2D eigenvalue weighted by atomic mass is 9.91. The number of ketones is 1. The molecule has 5 nitrogen and oxygen atoms in total. The third kappa shape index (κ3) is 4.47. The zero-order valence-corrected chi connectivity index (χ0v) is 21.6. The molecule has 0 aromatic heterocycles. The first kappa shape index (κ1) is 25.7. The molecule has 1 amide bonds. The van der Waals surface area contributed by atoms with Gasteiger partial charge in [0.2, 0.25) is 0 Å². The average molecular weight is 528 g/mol. The monoisotopic (exact) mass is 527 g/mol. The molecular formula is C28H24Cl2FNO4. The molecule has 36 heavy (non-hydrogen) atoms. The Labute approximate surface area is 218 Å². The number of benzene rings is 3. The van der Waals surface area contributed by atoms with Crippen molar-refractivity contribution >= 4 is 46.3 Å². The summed E-state index contributed by atoms with van der Waals surface area (Å²) in [6.07, 6.45) is 0. The van der Waals surface area contributed by atoms with Crippen LogP contribution in [0.3, 0.4) is 0 Å². The Bertz CT molecular complexity index is 1420. The number of aliphatic hydroxyl groups is 1. The predicted molar refractivity (Wildman–Crippen MR) is 139 cm³/mol. The van der Waals surface area contributed by atoms with E-state index in [0.29, 0.717) is 22.4 Å². The minimum Gasteiger partial charge on any atom is -0.507 e. The van der Waals surface area contributed by atoms with Crippen LogP contribution in [0, 0.1) is 12.7 Å². The number of anilines is 1. The SMILES string of the molecule is COc1cc(C)c(/C(O)=C2\C(=O)C(=O)N(c3cccc(F)c3)C2c2ccc(Cl)c(Cl)c2)cc1C(C)C. The maximum Gasteiger partial charge on any atom is 0.300 e. The van der Waals surface area contributed by atoms with E-state index >= 15 is 0 Å². The molecule has 3 aromatic carbocycles. The third-order valence-electron chi connectivity index (χ3n) is 6.24. The Morgan fingerprint density at radius 1 is 1.06 bits per heavy atom. The Morgan fingerprint density at radius 2 is 1.78 bits per heavy atom. The molecule has 1 fully saturated rings. The van der Waals surface area contributed by atoms with Gasteiger partial charge in [-0.15, -0.1) is 0 Å². The van der Waals surface area contributed by atoms with Gasteiger partial charge in [-0.25, -0.2) is 4.39 Å². The summed E-state index contributed by atoms with van der Waals surface area (Å²) in [6.45, 7) is 5.74. The molecule has 8 heteroatoms. The second-order valence-electron chi connectivity index (χ2n) is 8.89. The number of aliphatic hydroxyl groups excluding tert-OH is 1. The van der Waals surface area contributed by atoms with Gasteiger partial charge in [0.25, 0.3) is 11.7 Å². The number of aryl methyl sites for hydroxylation is 1. The van der Waals surface area contributed by atoms with E-state index in [2.05, 4.69) is 0 Å². The smallest absolute Gasteiger partial charge is 0.300 e. The lowest BCUT2D eigenvalue weighted by Crippen LogP contribution is -2.29. The van der Waals surface area contributed by atoms with Gasteiger partial charge in [-0.1, -0.05) is 49.2 Å². The number of carbonyl (C=O) groups is 2. The molecule has 0 saturated carbocycles. The van der Waals surface area contributed by atoms with Crippen molar-refractivity contribution in [3.05, 3.63) is 98.3 Å². The number of hydrogen-bond donors (Lipinski definition) is 1. The minimum absolute atomic E-state index is 0.0627. The highest BCUT2D eigenvalue weighted by Crippen LogP contribution is 2.44. The molecule has 1 aliphatic rings. The van der Waals surface area contributed by atoms with Gasteiger partial charge in [0.05, 0.1) is 28.8 Å². The maximum absolute atomic E-state index is 14.1. The second kappa shape index (κ2) is 9.96. The van der Waals surface area contributed by atoms with Crippen molar-refractivity contribution in [2.45, 2.75) is 32.7 Å². The summed E-state index contributed by atoms with van der Waals surface area (Å²) in [5.41, 5.74) is 2.34. The molecule has 1 heterocycles. The lowest BCUT2D eigenvalue weighted by molar-refractivity contribution is -0.132. The summed E-state index contributed by atoms with van der Waals surface area (Å²) in [7, 11) is 1.56. The van der Waals surface area contributed by atoms with Crippen molar-refractivity contribution in [1.29, 1.82) is 0 Å². The molecule has 0 bridgehead atoms. The van der Waals surface area contributed by atoms with Gasteiger partial charge >= 0.3 is 0 Å². The van der Waals surface area contributed by atoms with Crippen molar-refractivity contribution in [2.24, 2.45) is 0 Å². The first-order valence-electron chi connectivity index (χ1n) is 11.3. The molecular weight excluding hydrogens is 504 g/mol. The molecule has 186 valence electrons. The Balaban J connectivity index is 2.01. The first-order valence-corrected chi connectivity index (χ1v) is 12.0. The molecule has 1 aliphatic heterocycles. The van der Waals surface area contributed by atoms with Gasteiger partial charge < -0.3 is 9.84 Å². The molecule has 0 aliphatic carbocycles. The molecule has 1 unspecified atom stereocenters. The molecule has 1 N–H and O–H groups in total. The van der Waals surface area contributed by atoms with Crippen LogP contribution in [0.4, 0.5) is 10.1 Å². The summed E-state index contributed by atoms with van der Waals surface area (Å²) in [5, 5.41) is 12.0. The topological polar surface area (TPSA) is 66.8 Å². The molecule has 0 spiro atoms. The zero-order valence-electron chi connectivity index (χ0n) is 20.1. The standard InChI is InChI=1S/C28H24Cl2FNO4/c1-14(2)19-13-20(15(3)10-23(19)36-4)26(33)24-25(16-8-9-21(29)22(30)11-16)32(28(35)27(24)34)18-7-5-6-17(31)12-18/h5-14,25,33H,1-4H3/b26-24+. The number of halogens is 3. The van der Waals surface area contributed by atoms with E-state index in [-0.39, 0.29) is 33.0 Å². The van der Waals surface area contributed by atoms with Crippen LogP contribution in [0.25, 0.3) is 5.76 Å². The van der Waals surface area contributed by atoms with Gasteiger partial charge in [0.1, 0.15) is 17.3 Å². The molecule has 0 radical (unpaired) electrons. The number of amides is 1. The van der Waals surface area contributed by atoms with Crippen LogP contribution in [0.5, 0.6) is 5.75 Å². The highest BCUT2D eigenvalue weighted by molar-refractivity contribution is 6.52. The van der Waals surface area contributed by atoms with E-state index < -0.39 is 23.5 Å². The highest BCUT2D eigenvalue weighted by Gasteiger charge is 2.47. The van der Waals surface area contributed by atoms with Crippen molar-refractivity contribution in [3.8, 4) is 5.75 Å². The Hall–Kier alpha value is -3.35. The van der Waals surface area contributed by atoms with E-state index in [0.717, 1.165) is 11.6 Å². The zero-order chi connectivity index (χ0) is 26.3. The highest BCUT2D eigenvalue weighted by atomic mass is 35.5. The van der Waals surface area contributed by atoms with E-state index in [1.807, 2.05) is 13.8 Å². The van der Waals surface area contributed by atoms with Gasteiger partial charge in [-0.3, -0.25) is 14.5 Å². The lowest BCUT2D eigenvalue weighted by Gasteiger charge is -2.26. The van der Waals surface area contributed by atoms with Gasteiger partial charge in [-0.05, 0) is 72.0 Å². The number of nitrogens with zero attached hydrogens (tertiary/aromatic N) is 1. The van der Waals surface area contributed by atoms with Crippen molar-refractivity contribution in [1.82, 2.24) is 0 Å². The number of rotatable bonds is 5. The largest absolute Gasteiger partial charge is 0.507 e. The summed E-state index contributed by atoms with van der Waals surface area (Å²) in [4.78, 5) is 27.8. The Morgan fingerprint density at radius 3 is 2.39 bits per heavy atom. The van der Waals surface area contributed by atoms with Crippen LogP contribution in [-0.4, -0.2) is 23.9 Å². The van der Waals surface area contributed by atoms with Crippen molar-refractivity contribution in [2.75, 3.05) is 12.0 Å². The fourth-order valence-electron chi connectivity index (χ4n) is 4.45. The minimum atomic E-state index is -1.06. The molecule has 1 saturated heterocycles. The number of methoxy groups -OCH3 is 1. The van der Waals surface area contributed by atoms with E-state index in [4.69, 9.17) is 27.9 Å². The van der Waals surface area contributed by atoms with E-state index in [1.54, 1.807) is 38.3 Å². The second-order valence-corrected chi connectivity index (χ2v) is 9.70. The molecule has 4 rings (SSSR count). The summed E-state index contributed by atoms with van der Waals surface area (Å²) in [6, 6.07) is 12.5. The Kier molecular flexibility index (Phi) is 7.12. The fourth-order valence-corrected chi connectivity index (χ4v) is 4.76. The van der Waals surface area contributed by atoms with Crippen LogP contribution in [0.1, 0.15) is 48.1 Å². The van der Waals surface area contributed by atoms with Crippen LogP contribution in [-0.2, 0) is 9.59 Å². The summed E-state index contributed by atoms with van der Waals surface area (Å²) >= 11 is 12.4. The predicted octanol–water partition coefficient (Wildman–Crippen LogP) is 7.20. The van der Waals surface area contributed by atoms with Crippen LogP contribution in [0.2, 0.25) is 10.0 Å². The van der Waals surface area contributed by atoms with Crippen LogP contribution < -0.4 is 9.64 Å². The van der Waals surface area contributed by atoms with Crippen LogP contribution in [0.15, 0.2) is 60.2 Å². The van der Waals surface area contributed by atoms with Crippen LogP contribution >= 0.6 is 23.2 Å². The van der Waals surface area contributed by atoms with E-state index in [9.17, 15) is 19.1 Å².